The van der Waals surface area contributed by atoms with E-state index in [2.05, 4.69) is 5.48 Å². The molecule has 1 heterocycles. The summed E-state index contributed by atoms with van der Waals surface area (Å²) in [6.07, 6.45) is 6.67. The first-order valence-electron chi connectivity index (χ1n) is 6.41. The monoisotopic (exact) mass is 276 g/mol. The van der Waals surface area contributed by atoms with Crippen LogP contribution in [0, 0.1) is 0 Å². The summed E-state index contributed by atoms with van der Waals surface area (Å²) in [7, 11) is -3.32. The number of nitrogens with zero attached hydrogens (tertiary/aromatic N) is 1. The predicted octanol–water partition coefficient (Wildman–Crippen LogP) is 0.401. The van der Waals surface area contributed by atoms with E-state index in [4.69, 9.17) is 4.84 Å². The summed E-state index contributed by atoms with van der Waals surface area (Å²) in [5.74, 6) is -0.343. The van der Waals surface area contributed by atoms with Crippen LogP contribution < -0.4 is 5.48 Å². The molecule has 1 amide bonds. The third-order valence-electron chi connectivity index (χ3n) is 3.56. The zero-order valence-corrected chi connectivity index (χ0v) is 11.4. The second-order valence-corrected chi connectivity index (χ2v) is 6.96. The lowest BCUT2D eigenvalue weighted by Crippen LogP contribution is -2.46. The van der Waals surface area contributed by atoms with Crippen molar-refractivity contribution in [3.8, 4) is 0 Å². The fraction of sp³-hybridized carbons (Fsp3) is 0.909. The number of sulfonamides is 1. The molecule has 6 nitrogen and oxygen atoms in total. The SMILES string of the molecule is CS(=O)(=O)N1CCCC1C(=O)NOC1CCCC1. The highest BCUT2D eigenvalue weighted by molar-refractivity contribution is 7.88. The number of hydrogen-bond donors (Lipinski definition) is 1. The van der Waals surface area contributed by atoms with Crippen LogP contribution in [0.25, 0.3) is 0 Å². The normalized spacial score (nSPS) is 26.6. The Balaban J connectivity index is 1.87. The van der Waals surface area contributed by atoms with E-state index in [0.29, 0.717) is 19.4 Å². The van der Waals surface area contributed by atoms with E-state index >= 15 is 0 Å². The van der Waals surface area contributed by atoms with Gasteiger partial charge in [0.05, 0.1) is 12.4 Å². The molecule has 2 rings (SSSR count). The summed E-state index contributed by atoms with van der Waals surface area (Å²) in [6, 6.07) is -0.610. The smallest absolute Gasteiger partial charge is 0.261 e. The summed E-state index contributed by atoms with van der Waals surface area (Å²) in [5.41, 5.74) is 2.42. The van der Waals surface area contributed by atoms with Gasteiger partial charge in [0.2, 0.25) is 10.0 Å². The van der Waals surface area contributed by atoms with Gasteiger partial charge in [0.15, 0.2) is 0 Å². The Kier molecular flexibility index (Phi) is 4.24. The van der Waals surface area contributed by atoms with E-state index in [1.165, 1.54) is 4.31 Å². The fourth-order valence-electron chi connectivity index (χ4n) is 2.61. The Labute approximate surface area is 108 Å². The molecule has 1 saturated heterocycles. The van der Waals surface area contributed by atoms with Crippen molar-refractivity contribution in [2.24, 2.45) is 0 Å². The quantitative estimate of drug-likeness (QED) is 0.754. The third kappa shape index (κ3) is 3.21. The number of rotatable bonds is 4. The van der Waals surface area contributed by atoms with Gasteiger partial charge in [-0.05, 0) is 25.7 Å². The molecule has 7 heteroatoms. The molecule has 18 heavy (non-hydrogen) atoms. The summed E-state index contributed by atoms with van der Waals surface area (Å²) in [4.78, 5) is 17.2. The van der Waals surface area contributed by atoms with E-state index in [1.54, 1.807) is 0 Å². The van der Waals surface area contributed by atoms with E-state index in [1.807, 2.05) is 0 Å². The highest BCUT2D eigenvalue weighted by atomic mass is 32.2. The Morgan fingerprint density at radius 1 is 1.22 bits per heavy atom. The van der Waals surface area contributed by atoms with Crippen molar-refractivity contribution in [2.45, 2.75) is 50.7 Å². The average Bonchev–Trinajstić information content (AvgIpc) is 2.95. The summed E-state index contributed by atoms with van der Waals surface area (Å²) < 4.78 is 24.3. The van der Waals surface area contributed by atoms with Gasteiger partial charge in [-0.25, -0.2) is 13.9 Å². The maximum Gasteiger partial charge on any atom is 0.261 e. The van der Waals surface area contributed by atoms with Crippen LogP contribution in [0.1, 0.15) is 38.5 Å². The molecule has 0 aromatic rings. The van der Waals surface area contributed by atoms with Gasteiger partial charge in [0, 0.05) is 6.54 Å². The van der Waals surface area contributed by atoms with Crippen LogP contribution in [0.3, 0.4) is 0 Å². The van der Waals surface area contributed by atoms with Crippen molar-refractivity contribution in [3.63, 3.8) is 0 Å². The molecule has 0 radical (unpaired) electrons. The fourth-order valence-corrected chi connectivity index (χ4v) is 3.74. The predicted molar refractivity (Wildman–Crippen MR) is 66.1 cm³/mol. The molecule has 0 aromatic heterocycles. The van der Waals surface area contributed by atoms with E-state index in [-0.39, 0.29) is 12.0 Å². The van der Waals surface area contributed by atoms with E-state index < -0.39 is 16.1 Å². The minimum Gasteiger partial charge on any atom is -0.271 e. The molecular formula is C11H20N2O4S. The maximum atomic E-state index is 11.9. The van der Waals surface area contributed by atoms with Crippen molar-refractivity contribution in [1.82, 2.24) is 9.79 Å². The number of nitrogens with one attached hydrogen (secondary N) is 1. The molecule has 1 saturated carbocycles. The van der Waals surface area contributed by atoms with Gasteiger partial charge in [-0.1, -0.05) is 12.8 Å². The number of carbonyl (C=O) groups excluding carboxylic acids is 1. The van der Waals surface area contributed by atoms with Crippen LogP contribution in [0.15, 0.2) is 0 Å². The molecule has 104 valence electrons. The highest BCUT2D eigenvalue weighted by Gasteiger charge is 2.36. The van der Waals surface area contributed by atoms with Gasteiger partial charge >= 0.3 is 0 Å². The summed E-state index contributed by atoms with van der Waals surface area (Å²) >= 11 is 0. The number of carbonyl (C=O) groups is 1. The van der Waals surface area contributed by atoms with E-state index in [9.17, 15) is 13.2 Å². The first-order valence-corrected chi connectivity index (χ1v) is 8.25. The van der Waals surface area contributed by atoms with Crippen molar-refractivity contribution in [1.29, 1.82) is 0 Å². The summed E-state index contributed by atoms with van der Waals surface area (Å²) in [5, 5.41) is 0. The number of hydroxylamine groups is 1. The molecule has 0 aromatic carbocycles. The molecule has 0 spiro atoms. The van der Waals surface area contributed by atoms with Gasteiger partial charge < -0.3 is 0 Å². The lowest BCUT2D eigenvalue weighted by Gasteiger charge is -2.22. The second kappa shape index (κ2) is 5.54. The van der Waals surface area contributed by atoms with Gasteiger partial charge in [0.1, 0.15) is 6.04 Å². The molecular weight excluding hydrogens is 256 g/mol. The number of amides is 1. The Bertz CT molecular complexity index is 403. The van der Waals surface area contributed by atoms with E-state index in [0.717, 1.165) is 31.9 Å². The standard InChI is InChI=1S/C11H20N2O4S/c1-18(15,16)13-8-4-7-10(13)11(14)12-17-9-5-2-3-6-9/h9-10H,2-8H2,1H3,(H,12,14). The zero-order chi connectivity index (χ0) is 13.2. The van der Waals surface area contributed by atoms with Crippen LogP contribution in [0.4, 0.5) is 0 Å². The lowest BCUT2D eigenvalue weighted by atomic mass is 10.2. The van der Waals surface area contributed by atoms with Crippen molar-refractivity contribution >= 4 is 15.9 Å². The Morgan fingerprint density at radius 3 is 2.50 bits per heavy atom. The molecule has 1 aliphatic heterocycles. The second-order valence-electron chi connectivity index (χ2n) is 5.02. The van der Waals surface area contributed by atoms with Crippen molar-refractivity contribution in [2.75, 3.05) is 12.8 Å². The van der Waals surface area contributed by atoms with Gasteiger partial charge in [-0.3, -0.25) is 9.63 Å². The first kappa shape index (κ1) is 13.8. The maximum absolute atomic E-state index is 11.9. The molecule has 1 atom stereocenters. The average molecular weight is 276 g/mol. The molecule has 2 aliphatic rings. The minimum atomic E-state index is -3.32. The lowest BCUT2D eigenvalue weighted by molar-refractivity contribution is -0.141. The molecule has 1 unspecified atom stereocenters. The molecule has 2 fully saturated rings. The Morgan fingerprint density at radius 2 is 1.89 bits per heavy atom. The van der Waals surface area contributed by atoms with Gasteiger partial charge in [-0.15, -0.1) is 0 Å². The molecule has 1 aliphatic carbocycles. The zero-order valence-electron chi connectivity index (χ0n) is 10.6. The highest BCUT2D eigenvalue weighted by Crippen LogP contribution is 2.22. The number of hydrogen-bond acceptors (Lipinski definition) is 4. The summed E-state index contributed by atoms with van der Waals surface area (Å²) in [6.45, 7) is 0.417. The van der Waals surface area contributed by atoms with Crippen LogP contribution in [-0.2, 0) is 19.7 Å². The van der Waals surface area contributed by atoms with Crippen LogP contribution in [0.2, 0.25) is 0 Å². The minimum absolute atomic E-state index is 0.0852. The van der Waals surface area contributed by atoms with Gasteiger partial charge in [0.25, 0.3) is 5.91 Å². The molecule has 1 N–H and O–H groups in total. The molecule has 0 bridgehead atoms. The largest absolute Gasteiger partial charge is 0.271 e. The third-order valence-corrected chi connectivity index (χ3v) is 4.85. The van der Waals surface area contributed by atoms with Crippen LogP contribution >= 0.6 is 0 Å². The Hall–Kier alpha value is -0.660. The van der Waals surface area contributed by atoms with Crippen LogP contribution in [-0.4, -0.2) is 43.6 Å². The first-order chi connectivity index (χ1) is 8.48. The topological polar surface area (TPSA) is 75.7 Å². The van der Waals surface area contributed by atoms with Crippen molar-refractivity contribution < 1.29 is 18.0 Å². The van der Waals surface area contributed by atoms with Crippen molar-refractivity contribution in [3.05, 3.63) is 0 Å². The van der Waals surface area contributed by atoms with Gasteiger partial charge in [-0.2, -0.15) is 4.31 Å². The van der Waals surface area contributed by atoms with Crippen LogP contribution in [0.5, 0.6) is 0 Å².